The fraction of sp³-hybridized carbons (Fsp3) is 0.200. The van der Waals surface area contributed by atoms with E-state index in [1.54, 1.807) is 11.3 Å². The Morgan fingerprint density at radius 2 is 1.92 bits per heavy atom. The van der Waals surface area contributed by atoms with E-state index < -0.39 is 0 Å². The van der Waals surface area contributed by atoms with Gasteiger partial charge in [-0.1, -0.05) is 43.7 Å². The van der Waals surface area contributed by atoms with Gasteiger partial charge in [0.1, 0.15) is 5.01 Å². The van der Waals surface area contributed by atoms with Gasteiger partial charge in [0.05, 0.1) is 12.1 Å². The Kier molecular flexibility index (Phi) is 3.90. The first-order valence-corrected chi connectivity index (χ1v) is 9.09. The Balaban J connectivity index is 1.61. The summed E-state index contributed by atoms with van der Waals surface area (Å²) in [4.78, 5) is 16.3. The molecule has 0 atom stereocenters. The first-order chi connectivity index (χ1) is 11.7. The number of nitrogens with zero attached hydrogens (tertiary/aromatic N) is 1. The van der Waals surface area contributed by atoms with Crippen LogP contribution in [0.25, 0.3) is 21.8 Å². The minimum atomic E-state index is 0.0632. The van der Waals surface area contributed by atoms with E-state index in [4.69, 9.17) is 4.98 Å². The predicted octanol–water partition coefficient (Wildman–Crippen LogP) is 4.92. The van der Waals surface area contributed by atoms with Crippen LogP contribution < -0.4 is 5.32 Å². The summed E-state index contributed by atoms with van der Waals surface area (Å²) in [5, 5.41) is 5.98. The van der Waals surface area contributed by atoms with E-state index in [1.165, 1.54) is 5.56 Å². The quantitative estimate of drug-likeness (QED) is 0.735. The van der Waals surface area contributed by atoms with Crippen LogP contribution in [0, 0.1) is 0 Å². The molecular formula is C20H18N2OS. The van der Waals surface area contributed by atoms with Crippen LogP contribution in [-0.2, 0) is 17.6 Å². The molecule has 0 unspecified atom stereocenters. The van der Waals surface area contributed by atoms with Gasteiger partial charge in [0.2, 0.25) is 5.91 Å². The highest BCUT2D eigenvalue weighted by atomic mass is 32.1. The maximum atomic E-state index is 11.5. The number of amides is 1. The Bertz CT molecular complexity index is 896. The molecule has 4 rings (SSSR count). The summed E-state index contributed by atoms with van der Waals surface area (Å²) in [6.07, 6.45) is 2.74. The zero-order chi connectivity index (χ0) is 16.5. The fourth-order valence-corrected chi connectivity index (χ4v) is 3.87. The Morgan fingerprint density at radius 1 is 1.12 bits per heavy atom. The predicted molar refractivity (Wildman–Crippen MR) is 99.3 cm³/mol. The third kappa shape index (κ3) is 2.85. The van der Waals surface area contributed by atoms with E-state index in [2.05, 4.69) is 48.0 Å². The van der Waals surface area contributed by atoms with Gasteiger partial charge in [0, 0.05) is 22.2 Å². The molecule has 0 spiro atoms. The molecule has 0 bridgehead atoms. The van der Waals surface area contributed by atoms with Crippen LogP contribution in [0.2, 0.25) is 0 Å². The summed E-state index contributed by atoms with van der Waals surface area (Å²) in [6.45, 7) is 2.20. The van der Waals surface area contributed by atoms with Crippen molar-refractivity contribution in [2.45, 2.75) is 26.2 Å². The number of aryl methyl sites for hydroxylation is 1. The highest BCUT2D eigenvalue weighted by Gasteiger charge is 2.18. The summed E-state index contributed by atoms with van der Waals surface area (Å²) in [5.74, 6) is 0.0632. The number of carbonyl (C=O) groups excluding carboxylic acids is 1. The van der Waals surface area contributed by atoms with E-state index in [1.807, 2.05) is 12.1 Å². The molecule has 1 N–H and O–H groups in total. The largest absolute Gasteiger partial charge is 0.326 e. The molecule has 1 aliphatic rings. The SMILES string of the molecule is CCCc1ccc(-c2nc(-c3ccc4c(c3)CC(=O)N4)cs2)cc1. The Morgan fingerprint density at radius 3 is 2.71 bits per heavy atom. The Labute approximate surface area is 145 Å². The van der Waals surface area contributed by atoms with E-state index in [0.29, 0.717) is 6.42 Å². The van der Waals surface area contributed by atoms with Gasteiger partial charge in [-0.05, 0) is 29.7 Å². The smallest absolute Gasteiger partial charge is 0.228 e. The first kappa shape index (κ1) is 15.1. The summed E-state index contributed by atoms with van der Waals surface area (Å²) in [5.41, 5.74) is 6.53. The molecule has 120 valence electrons. The van der Waals surface area contributed by atoms with E-state index in [9.17, 15) is 4.79 Å². The fourth-order valence-electron chi connectivity index (χ4n) is 3.03. The third-order valence-electron chi connectivity index (χ3n) is 4.27. The van der Waals surface area contributed by atoms with Gasteiger partial charge in [0.25, 0.3) is 0 Å². The molecule has 3 aromatic rings. The molecule has 0 fully saturated rings. The van der Waals surface area contributed by atoms with Gasteiger partial charge in [-0.3, -0.25) is 4.79 Å². The van der Waals surface area contributed by atoms with Crippen molar-refractivity contribution in [3.05, 3.63) is 59.0 Å². The lowest BCUT2D eigenvalue weighted by molar-refractivity contribution is -0.115. The number of benzene rings is 2. The van der Waals surface area contributed by atoms with Crippen LogP contribution >= 0.6 is 11.3 Å². The lowest BCUT2D eigenvalue weighted by atomic mass is 10.1. The van der Waals surface area contributed by atoms with Crippen molar-refractivity contribution in [3.8, 4) is 21.8 Å². The minimum absolute atomic E-state index is 0.0632. The Hall–Kier alpha value is -2.46. The average molecular weight is 334 g/mol. The molecule has 3 nitrogen and oxygen atoms in total. The molecule has 0 radical (unpaired) electrons. The van der Waals surface area contributed by atoms with Crippen molar-refractivity contribution in [2.24, 2.45) is 0 Å². The number of carbonyl (C=O) groups is 1. The maximum Gasteiger partial charge on any atom is 0.228 e. The van der Waals surface area contributed by atoms with Crippen LogP contribution in [0.1, 0.15) is 24.5 Å². The van der Waals surface area contributed by atoms with Crippen LogP contribution in [0.15, 0.2) is 47.8 Å². The molecule has 1 aromatic heterocycles. The second-order valence-corrected chi connectivity index (χ2v) is 6.94. The number of anilines is 1. The summed E-state index contributed by atoms with van der Waals surface area (Å²) < 4.78 is 0. The number of hydrogen-bond donors (Lipinski definition) is 1. The van der Waals surface area contributed by atoms with Gasteiger partial charge < -0.3 is 5.32 Å². The average Bonchev–Trinajstić information content (AvgIpc) is 3.21. The van der Waals surface area contributed by atoms with Crippen molar-refractivity contribution >= 4 is 22.9 Å². The lowest BCUT2D eigenvalue weighted by Gasteiger charge is -2.02. The first-order valence-electron chi connectivity index (χ1n) is 8.21. The van der Waals surface area contributed by atoms with Gasteiger partial charge in [-0.15, -0.1) is 11.3 Å². The summed E-state index contributed by atoms with van der Waals surface area (Å²) in [7, 11) is 0. The highest BCUT2D eigenvalue weighted by molar-refractivity contribution is 7.13. The maximum absolute atomic E-state index is 11.5. The van der Waals surface area contributed by atoms with Gasteiger partial charge >= 0.3 is 0 Å². The number of rotatable bonds is 4. The molecule has 0 saturated carbocycles. The third-order valence-corrected chi connectivity index (χ3v) is 5.16. The van der Waals surface area contributed by atoms with Crippen LogP contribution in [0.3, 0.4) is 0 Å². The second kappa shape index (κ2) is 6.21. The lowest BCUT2D eigenvalue weighted by Crippen LogP contribution is -2.03. The number of hydrogen-bond acceptors (Lipinski definition) is 3. The molecular weight excluding hydrogens is 316 g/mol. The highest BCUT2D eigenvalue weighted by Crippen LogP contribution is 2.32. The van der Waals surface area contributed by atoms with Crippen molar-refractivity contribution in [3.63, 3.8) is 0 Å². The topological polar surface area (TPSA) is 42.0 Å². The molecule has 0 saturated heterocycles. The zero-order valence-corrected chi connectivity index (χ0v) is 14.3. The van der Waals surface area contributed by atoms with Crippen molar-refractivity contribution < 1.29 is 4.79 Å². The number of thiazole rings is 1. The number of fused-ring (bicyclic) bond motifs is 1. The molecule has 24 heavy (non-hydrogen) atoms. The second-order valence-electron chi connectivity index (χ2n) is 6.08. The normalized spacial score (nSPS) is 13.0. The molecule has 4 heteroatoms. The number of nitrogens with one attached hydrogen (secondary N) is 1. The zero-order valence-electron chi connectivity index (χ0n) is 13.5. The van der Waals surface area contributed by atoms with E-state index in [0.717, 1.165) is 45.9 Å². The van der Waals surface area contributed by atoms with Gasteiger partial charge in [-0.2, -0.15) is 0 Å². The molecule has 0 aliphatic carbocycles. The molecule has 1 amide bonds. The minimum Gasteiger partial charge on any atom is -0.326 e. The van der Waals surface area contributed by atoms with Crippen LogP contribution in [0.5, 0.6) is 0 Å². The van der Waals surface area contributed by atoms with E-state index in [-0.39, 0.29) is 5.91 Å². The van der Waals surface area contributed by atoms with E-state index >= 15 is 0 Å². The summed E-state index contributed by atoms with van der Waals surface area (Å²) >= 11 is 1.66. The summed E-state index contributed by atoms with van der Waals surface area (Å²) in [6, 6.07) is 14.7. The van der Waals surface area contributed by atoms with Crippen molar-refractivity contribution in [2.75, 3.05) is 5.32 Å². The number of aromatic nitrogens is 1. The molecule has 1 aliphatic heterocycles. The van der Waals surface area contributed by atoms with Crippen molar-refractivity contribution in [1.82, 2.24) is 4.98 Å². The van der Waals surface area contributed by atoms with Gasteiger partial charge in [0.15, 0.2) is 0 Å². The molecule has 2 heterocycles. The standard InChI is InChI=1S/C20H18N2OS/c1-2-3-13-4-6-14(7-5-13)20-22-18(12-24-20)15-8-9-17-16(10-15)11-19(23)21-17/h4-10,12H,2-3,11H2,1H3,(H,21,23). The van der Waals surface area contributed by atoms with Gasteiger partial charge in [-0.25, -0.2) is 4.98 Å². The van der Waals surface area contributed by atoms with Crippen LogP contribution in [-0.4, -0.2) is 10.9 Å². The monoisotopic (exact) mass is 334 g/mol. The molecule has 2 aromatic carbocycles. The van der Waals surface area contributed by atoms with Crippen molar-refractivity contribution in [1.29, 1.82) is 0 Å². The van der Waals surface area contributed by atoms with Crippen LogP contribution in [0.4, 0.5) is 5.69 Å².